The number of hydrogen-bond donors (Lipinski definition) is 1. The molecule has 0 saturated carbocycles. The number of nitrogens with zero attached hydrogens (tertiary/aromatic N) is 3. The molecule has 3 heterocycles. The third-order valence-electron chi connectivity index (χ3n) is 4.90. The van der Waals surface area contributed by atoms with E-state index in [1.165, 1.54) is 5.56 Å². The zero-order valence-electron chi connectivity index (χ0n) is 14.3. The van der Waals surface area contributed by atoms with Crippen LogP contribution in [0.25, 0.3) is 11.4 Å². The molecular weight excluding hydrogens is 320 g/mol. The average molecular weight is 342 g/mol. The van der Waals surface area contributed by atoms with E-state index in [4.69, 9.17) is 9.26 Å². The predicted octanol–water partition coefficient (Wildman–Crippen LogP) is 2.24. The highest BCUT2D eigenvalue weighted by Crippen LogP contribution is 2.24. The van der Waals surface area contributed by atoms with Gasteiger partial charge in [0.25, 0.3) is 0 Å². The van der Waals surface area contributed by atoms with Crippen molar-refractivity contribution in [2.24, 2.45) is 0 Å². The Hall–Kier alpha value is -2.41. The molecule has 0 bridgehead atoms. The summed E-state index contributed by atoms with van der Waals surface area (Å²) in [5.74, 6) is 0.635. The van der Waals surface area contributed by atoms with Gasteiger partial charge in [-0.2, -0.15) is 4.98 Å². The molecule has 1 aromatic heterocycles. The van der Waals surface area contributed by atoms with Crippen LogP contribution < -0.4 is 5.32 Å². The van der Waals surface area contributed by atoms with Crippen LogP contribution in [-0.4, -0.2) is 52.8 Å². The lowest BCUT2D eigenvalue weighted by atomic mass is 10.1. The van der Waals surface area contributed by atoms with Crippen LogP contribution >= 0.6 is 0 Å². The molecule has 1 unspecified atom stereocenters. The Morgan fingerprint density at radius 1 is 1.16 bits per heavy atom. The van der Waals surface area contributed by atoms with Gasteiger partial charge in [0.05, 0.1) is 0 Å². The second kappa shape index (κ2) is 6.84. The maximum atomic E-state index is 12.7. The topological polar surface area (TPSA) is 80.5 Å². The normalized spacial score (nSPS) is 21.7. The first-order valence-electron chi connectivity index (χ1n) is 8.76. The number of nitrogens with one attached hydrogen (secondary N) is 1. The number of amides is 1. The number of rotatable bonds is 4. The zero-order chi connectivity index (χ0) is 17.2. The Morgan fingerprint density at radius 2 is 1.92 bits per heavy atom. The number of benzene rings is 1. The summed E-state index contributed by atoms with van der Waals surface area (Å²) in [6, 6.07) is 8.21. The summed E-state index contributed by atoms with van der Waals surface area (Å²) in [6.07, 6.45) is 2.58. The Labute approximate surface area is 146 Å². The van der Waals surface area contributed by atoms with Crippen LogP contribution in [0.15, 0.2) is 28.8 Å². The van der Waals surface area contributed by atoms with Crippen molar-refractivity contribution in [3.8, 4) is 11.4 Å². The van der Waals surface area contributed by atoms with E-state index < -0.39 is 0 Å². The summed E-state index contributed by atoms with van der Waals surface area (Å²) >= 11 is 0. The third kappa shape index (κ3) is 3.37. The van der Waals surface area contributed by atoms with Crippen molar-refractivity contribution in [3.63, 3.8) is 0 Å². The molecule has 1 atom stereocenters. The second-order valence-electron chi connectivity index (χ2n) is 6.65. The van der Waals surface area contributed by atoms with E-state index in [1.54, 1.807) is 0 Å². The number of aromatic nitrogens is 2. The molecule has 25 heavy (non-hydrogen) atoms. The fourth-order valence-corrected chi connectivity index (χ4v) is 3.45. The molecule has 0 spiro atoms. The smallest absolute Gasteiger partial charge is 0.322 e. The predicted molar refractivity (Wildman–Crippen MR) is 92.1 cm³/mol. The summed E-state index contributed by atoms with van der Waals surface area (Å²) in [5, 5.41) is 7.10. The lowest BCUT2D eigenvalue weighted by Crippen LogP contribution is -2.43. The van der Waals surface area contributed by atoms with Gasteiger partial charge in [0.2, 0.25) is 11.7 Å². The van der Waals surface area contributed by atoms with Gasteiger partial charge in [0.1, 0.15) is 6.04 Å². The molecule has 2 aromatic rings. The minimum Gasteiger partial charge on any atom is -0.381 e. The van der Waals surface area contributed by atoms with Gasteiger partial charge in [-0.3, -0.25) is 4.79 Å². The molecule has 7 nitrogen and oxygen atoms in total. The van der Waals surface area contributed by atoms with Gasteiger partial charge in [-0.05, 0) is 26.2 Å². The van der Waals surface area contributed by atoms with Crippen LogP contribution in [0.2, 0.25) is 0 Å². The molecule has 2 aliphatic rings. The first-order valence-corrected chi connectivity index (χ1v) is 8.76. The van der Waals surface area contributed by atoms with Crippen molar-refractivity contribution >= 4 is 11.9 Å². The maximum Gasteiger partial charge on any atom is 0.322 e. The van der Waals surface area contributed by atoms with Crippen molar-refractivity contribution in [1.29, 1.82) is 0 Å². The number of carbonyl (C=O) groups is 1. The zero-order valence-corrected chi connectivity index (χ0v) is 14.3. The molecule has 0 radical (unpaired) electrons. The average Bonchev–Trinajstić information content (AvgIpc) is 3.24. The van der Waals surface area contributed by atoms with Gasteiger partial charge in [0.15, 0.2) is 0 Å². The first-order chi connectivity index (χ1) is 12.2. The fourth-order valence-electron chi connectivity index (χ4n) is 3.45. The molecule has 2 fully saturated rings. The molecule has 0 aliphatic carbocycles. The van der Waals surface area contributed by atoms with Crippen LogP contribution in [0.3, 0.4) is 0 Å². The van der Waals surface area contributed by atoms with E-state index in [-0.39, 0.29) is 11.9 Å². The van der Waals surface area contributed by atoms with E-state index in [1.807, 2.05) is 36.1 Å². The number of likely N-dealkylation sites (tertiary alicyclic amines) is 1. The molecule has 7 heteroatoms. The van der Waals surface area contributed by atoms with E-state index in [0.29, 0.717) is 17.9 Å². The minimum atomic E-state index is -0.297. The van der Waals surface area contributed by atoms with Gasteiger partial charge in [0, 0.05) is 31.4 Å². The molecular formula is C18H22N4O3. The summed E-state index contributed by atoms with van der Waals surface area (Å²) in [5.41, 5.74) is 2.07. The van der Waals surface area contributed by atoms with Crippen LogP contribution in [0, 0.1) is 6.92 Å². The van der Waals surface area contributed by atoms with Gasteiger partial charge < -0.3 is 19.5 Å². The highest BCUT2D eigenvalue weighted by atomic mass is 16.5. The largest absolute Gasteiger partial charge is 0.381 e. The monoisotopic (exact) mass is 342 g/mol. The lowest BCUT2D eigenvalue weighted by molar-refractivity contribution is -0.131. The number of anilines is 1. The first kappa shape index (κ1) is 16.1. The van der Waals surface area contributed by atoms with E-state index in [2.05, 4.69) is 15.5 Å². The molecule has 2 aliphatic heterocycles. The third-order valence-corrected chi connectivity index (χ3v) is 4.90. The number of ether oxygens (including phenoxy) is 1. The Morgan fingerprint density at radius 3 is 2.68 bits per heavy atom. The van der Waals surface area contributed by atoms with Crippen LogP contribution in [0.5, 0.6) is 0 Å². The van der Waals surface area contributed by atoms with E-state index in [9.17, 15) is 4.79 Å². The quantitative estimate of drug-likeness (QED) is 0.918. The maximum absolute atomic E-state index is 12.7. The highest BCUT2D eigenvalue weighted by molar-refractivity contribution is 5.86. The van der Waals surface area contributed by atoms with Crippen molar-refractivity contribution in [3.05, 3.63) is 29.8 Å². The highest BCUT2D eigenvalue weighted by Gasteiger charge is 2.37. The number of hydrogen-bond acceptors (Lipinski definition) is 6. The van der Waals surface area contributed by atoms with Gasteiger partial charge in [-0.25, -0.2) is 0 Å². The van der Waals surface area contributed by atoms with Gasteiger partial charge in [-0.1, -0.05) is 35.0 Å². The number of carbonyl (C=O) groups excluding carboxylic acids is 1. The van der Waals surface area contributed by atoms with Gasteiger partial charge in [-0.15, -0.1) is 0 Å². The SMILES string of the molecule is Cc1ccc(-c2noc(NC3CCN(C4CCOCC4)C3=O)n2)cc1. The Kier molecular flexibility index (Phi) is 4.40. The van der Waals surface area contributed by atoms with Crippen molar-refractivity contribution in [2.75, 3.05) is 25.1 Å². The Balaban J connectivity index is 1.41. The summed E-state index contributed by atoms with van der Waals surface area (Å²) in [7, 11) is 0. The van der Waals surface area contributed by atoms with E-state index in [0.717, 1.165) is 44.6 Å². The second-order valence-corrected chi connectivity index (χ2v) is 6.65. The lowest BCUT2D eigenvalue weighted by Gasteiger charge is -2.31. The number of aryl methyl sites for hydroxylation is 1. The van der Waals surface area contributed by atoms with Crippen molar-refractivity contribution in [1.82, 2.24) is 15.0 Å². The molecule has 1 amide bonds. The standard InChI is InChI=1S/C18H22N4O3/c1-12-2-4-13(5-3-12)16-20-18(25-21-16)19-15-6-9-22(17(15)23)14-7-10-24-11-8-14/h2-5,14-15H,6-11H2,1H3,(H,19,20,21). The summed E-state index contributed by atoms with van der Waals surface area (Å²) < 4.78 is 10.7. The molecule has 1 N–H and O–H groups in total. The summed E-state index contributed by atoms with van der Waals surface area (Å²) in [4.78, 5) is 19.0. The van der Waals surface area contributed by atoms with E-state index >= 15 is 0 Å². The molecule has 4 rings (SSSR count). The summed E-state index contributed by atoms with van der Waals surface area (Å²) in [6.45, 7) is 4.26. The van der Waals surface area contributed by atoms with Crippen molar-refractivity contribution in [2.45, 2.75) is 38.3 Å². The Bertz CT molecular complexity index is 737. The molecule has 132 valence electrons. The van der Waals surface area contributed by atoms with Gasteiger partial charge >= 0.3 is 6.01 Å². The fraction of sp³-hybridized carbons (Fsp3) is 0.500. The van der Waals surface area contributed by atoms with Crippen LogP contribution in [0.1, 0.15) is 24.8 Å². The van der Waals surface area contributed by atoms with Crippen LogP contribution in [-0.2, 0) is 9.53 Å². The van der Waals surface area contributed by atoms with Crippen molar-refractivity contribution < 1.29 is 14.1 Å². The van der Waals surface area contributed by atoms with Crippen LogP contribution in [0.4, 0.5) is 6.01 Å². The minimum absolute atomic E-state index is 0.113. The molecule has 1 aromatic carbocycles. The molecule has 2 saturated heterocycles.